The third-order valence-electron chi connectivity index (χ3n) is 5.97. The minimum Gasteiger partial charge on any atom is -0.489 e. The van der Waals surface area contributed by atoms with E-state index >= 15 is 0 Å². The van der Waals surface area contributed by atoms with Crippen LogP contribution in [-0.4, -0.2) is 17.8 Å². The zero-order valence-corrected chi connectivity index (χ0v) is 22.3. The van der Waals surface area contributed by atoms with Gasteiger partial charge in [-0.25, -0.2) is 9.69 Å². The molecule has 5 rings (SSSR count). The average Bonchev–Trinajstić information content (AvgIpc) is 2.95. The summed E-state index contributed by atoms with van der Waals surface area (Å²) in [7, 11) is 0. The predicted octanol–water partition coefficient (Wildman–Crippen LogP) is 6.27. The highest BCUT2D eigenvalue weighted by molar-refractivity contribution is 9.10. The van der Waals surface area contributed by atoms with Gasteiger partial charge in [-0.1, -0.05) is 76.6 Å². The molecule has 1 fully saturated rings. The van der Waals surface area contributed by atoms with Crippen molar-refractivity contribution in [3.05, 3.63) is 130 Å². The van der Waals surface area contributed by atoms with Crippen LogP contribution in [0.3, 0.4) is 0 Å². The van der Waals surface area contributed by atoms with Gasteiger partial charge in [-0.05, 0) is 59.7 Å². The van der Waals surface area contributed by atoms with E-state index in [1.54, 1.807) is 48.5 Å². The Balaban J connectivity index is 1.33. The smallest absolute Gasteiger partial charge is 0.335 e. The number of benzene rings is 4. The van der Waals surface area contributed by atoms with Gasteiger partial charge in [0.2, 0.25) is 0 Å². The highest BCUT2D eigenvalue weighted by Crippen LogP contribution is 2.27. The zero-order chi connectivity index (χ0) is 27.2. The van der Waals surface area contributed by atoms with Gasteiger partial charge in [-0.2, -0.15) is 0 Å². The summed E-state index contributed by atoms with van der Waals surface area (Å²) in [5.41, 5.74) is 2.64. The van der Waals surface area contributed by atoms with E-state index in [9.17, 15) is 14.4 Å². The van der Waals surface area contributed by atoms with Crippen molar-refractivity contribution in [2.24, 2.45) is 0 Å². The van der Waals surface area contributed by atoms with Crippen molar-refractivity contribution < 1.29 is 23.9 Å². The second kappa shape index (κ2) is 11.8. The van der Waals surface area contributed by atoms with Crippen LogP contribution in [0.2, 0.25) is 0 Å². The first-order valence-corrected chi connectivity index (χ1v) is 12.9. The molecule has 0 atom stereocenters. The first kappa shape index (κ1) is 25.9. The molecule has 0 aromatic heterocycles. The minimum atomic E-state index is -0.820. The van der Waals surface area contributed by atoms with Gasteiger partial charge in [0.15, 0.2) is 0 Å². The summed E-state index contributed by atoms with van der Waals surface area (Å²) in [6, 6.07) is 30.2. The second-order valence-electron chi connectivity index (χ2n) is 8.68. The maximum atomic E-state index is 13.4. The fraction of sp³-hybridized carbons (Fsp3) is 0.0645. The molecular weight excluding hydrogens is 560 g/mol. The third kappa shape index (κ3) is 6.25. The number of imide groups is 2. The molecule has 1 aliphatic heterocycles. The number of ether oxygens (including phenoxy) is 2. The number of carbonyl (C=O) groups is 3. The molecule has 0 aliphatic carbocycles. The van der Waals surface area contributed by atoms with Crippen LogP contribution in [-0.2, 0) is 22.8 Å². The molecule has 1 heterocycles. The molecule has 1 saturated heterocycles. The summed E-state index contributed by atoms with van der Waals surface area (Å²) in [5.74, 6) is -0.424. The van der Waals surface area contributed by atoms with Crippen molar-refractivity contribution in [2.45, 2.75) is 13.2 Å². The maximum Gasteiger partial charge on any atom is 0.335 e. The maximum absolute atomic E-state index is 13.4. The lowest BCUT2D eigenvalue weighted by molar-refractivity contribution is -0.122. The molecule has 39 heavy (non-hydrogen) atoms. The SMILES string of the molecule is O=C1NC(=O)N(c2ccc(OCc3ccc(Br)cc3)cc2)C(=O)/C1=C/c1ccccc1OCc1ccccc1. The van der Waals surface area contributed by atoms with Crippen molar-refractivity contribution >= 4 is 45.5 Å². The number of nitrogens with zero attached hydrogens (tertiary/aromatic N) is 1. The van der Waals surface area contributed by atoms with Gasteiger partial charge in [0, 0.05) is 10.0 Å². The summed E-state index contributed by atoms with van der Waals surface area (Å²) in [4.78, 5) is 39.6. The van der Waals surface area contributed by atoms with Gasteiger partial charge in [0.25, 0.3) is 11.8 Å². The van der Waals surface area contributed by atoms with Crippen molar-refractivity contribution in [3.8, 4) is 11.5 Å². The number of para-hydroxylation sites is 1. The molecule has 0 saturated carbocycles. The number of hydrogen-bond acceptors (Lipinski definition) is 5. The van der Waals surface area contributed by atoms with Gasteiger partial charge in [-0.15, -0.1) is 0 Å². The van der Waals surface area contributed by atoms with Crippen LogP contribution in [0.4, 0.5) is 10.5 Å². The summed E-state index contributed by atoms with van der Waals surface area (Å²) < 4.78 is 12.8. The van der Waals surface area contributed by atoms with Gasteiger partial charge in [-0.3, -0.25) is 14.9 Å². The summed E-state index contributed by atoms with van der Waals surface area (Å²) in [6.07, 6.45) is 1.44. The Morgan fingerprint density at radius 1 is 0.718 bits per heavy atom. The van der Waals surface area contributed by atoms with E-state index < -0.39 is 17.8 Å². The van der Waals surface area contributed by atoms with Crippen LogP contribution in [0.5, 0.6) is 11.5 Å². The molecule has 194 valence electrons. The number of urea groups is 1. The largest absolute Gasteiger partial charge is 0.489 e. The van der Waals surface area contributed by atoms with Crippen LogP contribution >= 0.6 is 15.9 Å². The van der Waals surface area contributed by atoms with Crippen molar-refractivity contribution in [2.75, 3.05) is 4.90 Å². The molecule has 8 heteroatoms. The number of hydrogen-bond donors (Lipinski definition) is 1. The first-order valence-electron chi connectivity index (χ1n) is 12.1. The van der Waals surface area contributed by atoms with E-state index in [-0.39, 0.29) is 5.57 Å². The summed E-state index contributed by atoms with van der Waals surface area (Å²) in [6.45, 7) is 0.685. The molecule has 4 amide bonds. The highest BCUT2D eigenvalue weighted by atomic mass is 79.9. The van der Waals surface area contributed by atoms with E-state index in [0.29, 0.717) is 36.0 Å². The number of anilines is 1. The molecular formula is C31H23BrN2O5. The zero-order valence-electron chi connectivity index (χ0n) is 20.7. The van der Waals surface area contributed by atoms with E-state index in [0.717, 1.165) is 20.5 Å². The average molecular weight is 583 g/mol. The molecule has 0 bridgehead atoms. The predicted molar refractivity (Wildman–Crippen MR) is 151 cm³/mol. The van der Waals surface area contributed by atoms with Gasteiger partial charge in [0.05, 0.1) is 5.69 Å². The van der Waals surface area contributed by atoms with Gasteiger partial charge >= 0.3 is 6.03 Å². The molecule has 1 aliphatic rings. The van der Waals surface area contributed by atoms with E-state index in [1.165, 1.54) is 6.08 Å². The Bertz CT molecular complexity index is 1530. The monoisotopic (exact) mass is 582 g/mol. The molecule has 4 aromatic rings. The van der Waals surface area contributed by atoms with E-state index in [4.69, 9.17) is 9.47 Å². The van der Waals surface area contributed by atoms with Gasteiger partial charge in [0.1, 0.15) is 30.3 Å². The van der Waals surface area contributed by atoms with Crippen molar-refractivity contribution in [1.29, 1.82) is 0 Å². The number of barbiturate groups is 1. The normalized spacial score (nSPS) is 14.3. The molecule has 0 unspecified atom stereocenters. The molecule has 4 aromatic carbocycles. The molecule has 7 nitrogen and oxygen atoms in total. The number of rotatable bonds is 8. The van der Waals surface area contributed by atoms with Crippen molar-refractivity contribution in [3.63, 3.8) is 0 Å². The summed E-state index contributed by atoms with van der Waals surface area (Å²) in [5, 5.41) is 2.25. The number of halogens is 1. The summed E-state index contributed by atoms with van der Waals surface area (Å²) >= 11 is 3.41. The Hall–Kier alpha value is -4.69. The Labute approximate surface area is 233 Å². The molecule has 1 N–H and O–H groups in total. The topological polar surface area (TPSA) is 84.9 Å². The van der Waals surface area contributed by atoms with Gasteiger partial charge < -0.3 is 9.47 Å². The highest BCUT2D eigenvalue weighted by Gasteiger charge is 2.37. The van der Waals surface area contributed by atoms with E-state index in [1.807, 2.05) is 54.6 Å². The lowest BCUT2D eigenvalue weighted by atomic mass is 10.1. The number of carbonyl (C=O) groups excluding carboxylic acids is 3. The Kier molecular flexibility index (Phi) is 7.84. The number of amides is 4. The van der Waals surface area contributed by atoms with Crippen LogP contribution in [0.15, 0.2) is 113 Å². The van der Waals surface area contributed by atoms with Crippen LogP contribution < -0.4 is 19.7 Å². The van der Waals surface area contributed by atoms with Crippen molar-refractivity contribution in [1.82, 2.24) is 5.32 Å². The Morgan fingerprint density at radius 3 is 2.10 bits per heavy atom. The molecule has 0 radical (unpaired) electrons. The van der Waals surface area contributed by atoms with Crippen LogP contribution in [0.25, 0.3) is 6.08 Å². The lowest BCUT2D eigenvalue weighted by Gasteiger charge is -2.26. The second-order valence-corrected chi connectivity index (χ2v) is 9.59. The van der Waals surface area contributed by atoms with Crippen LogP contribution in [0.1, 0.15) is 16.7 Å². The minimum absolute atomic E-state index is 0.180. The fourth-order valence-electron chi connectivity index (χ4n) is 3.95. The number of nitrogens with one attached hydrogen (secondary N) is 1. The standard InChI is InChI=1S/C31H23BrN2O5/c32-24-12-10-22(11-13-24)19-38-26-16-14-25(15-17-26)34-30(36)27(29(35)33-31(34)37)18-23-8-4-5-9-28(23)39-20-21-6-2-1-3-7-21/h1-18H,19-20H2,(H,33,35,37)/b27-18+. The van der Waals surface area contributed by atoms with E-state index in [2.05, 4.69) is 21.2 Å². The third-order valence-corrected chi connectivity index (χ3v) is 6.50. The first-order chi connectivity index (χ1) is 19.0. The Morgan fingerprint density at radius 2 is 1.36 bits per heavy atom. The fourth-order valence-corrected chi connectivity index (χ4v) is 4.22. The van der Waals surface area contributed by atoms with Crippen LogP contribution in [0, 0.1) is 0 Å². The lowest BCUT2D eigenvalue weighted by Crippen LogP contribution is -2.54. The quantitative estimate of drug-likeness (QED) is 0.195. The molecule has 0 spiro atoms.